The molecule has 4 rings (SSSR count). The SMILES string of the molecule is CCCC[C@H](N=C1NS(=O)(=O)c2ccccc21)C(=O)NCCc1cn2ccccc2n1. The van der Waals surface area contributed by atoms with E-state index in [-0.39, 0.29) is 16.6 Å². The van der Waals surface area contributed by atoms with Gasteiger partial charge in [-0.2, -0.15) is 0 Å². The maximum Gasteiger partial charge on any atom is 0.263 e. The summed E-state index contributed by atoms with van der Waals surface area (Å²) in [7, 11) is -3.64. The van der Waals surface area contributed by atoms with E-state index in [0.29, 0.717) is 24.9 Å². The quantitative estimate of drug-likeness (QED) is 0.562. The molecular weight excluding hydrogens is 414 g/mol. The summed E-state index contributed by atoms with van der Waals surface area (Å²) in [4.78, 5) is 22.1. The van der Waals surface area contributed by atoms with E-state index in [9.17, 15) is 13.2 Å². The standard InChI is InChI=1S/C22H25N5O3S/c1-2-3-9-18(25-21-17-8-4-5-10-19(17)31(29,30)26-21)22(28)23-13-12-16-15-27-14-7-6-11-20(27)24-16/h4-8,10-11,14-15,18H,2-3,9,12-13H2,1H3,(H,23,28)(H,25,26)/t18-/m0/s1. The van der Waals surface area contributed by atoms with Gasteiger partial charge in [0, 0.05) is 30.9 Å². The third kappa shape index (κ3) is 4.61. The van der Waals surface area contributed by atoms with Crippen LogP contribution in [0.1, 0.15) is 37.4 Å². The molecule has 0 saturated heterocycles. The number of hydrogen-bond donors (Lipinski definition) is 2. The second kappa shape index (κ2) is 8.89. The van der Waals surface area contributed by atoms with Gasteiger partial charge in [0.25, 0.3) is 10.0 Å². The van der Waals surface area contributed by atoms with Crippen molar-refractivity contribution >= 4 is 27.4 Å². The summed E-state index contributed by atoms with van der Waals surface area (Å²) >= 11 is 0. The third-order valence-corrected chi connectivity index (χ3v) is 6.57. The highest BCUT2D eigenvalue weighted by Crippen LogP contribution is 2.23. The van der Waals surface area contributed by atoms with Crippen LogP contribution >= 0.6 is 0 Å². The van der Waals surface area contributed by atoms with E-state index in [1.54, 1.807) is 18.2 Å². The monoisotopic (exact) mass is 439 g/mol. The van der Waals surface area contributed by atoms with Crippen molar-refractivity contribution < 1.29 is 13.2 Å². The highest BCUT2D eigenvalue weighted by Gasteiger charge is 2.31. The summed E-state index contributed by atoms with van der Waals surface area (Å²) in [6, 6.07) is 11.8. The van der Waals surface area contributed by atoms with Crippen LogP contribution in [0, 0.1) is 0 Å². The largest absolute Gasteiger partial charge is 0.354 e. The Bertz CT molecular complexity index is 1200. The molecular formula is C22H25N5O3S. The first-order valence-corrected chi connectivity index (χ1v) is 11.9. The lowest BCUT2D eigenvalue weighted by Gasteiger charge is -2.13. The molecule has 2 N–H and O–H groups in total. The first-order chi connectivity index (χ1) is 15.0. The predicted molar refractivity (Wildman–Crippen MR) is 119 cm³/mol. The fourth-order valence-electron chi connectivity index (χ4n) is 3.58. The van der Waals surface area contributed by atoms with Gasteiger partial charge in [-0.3, -0.25) is 14.5 Å². The van der Waals surface area contributed by atoms with Crippen molar-refractivity contribution in [3.63, 3.8) is 0 Å². The fraction of sp³-hybridized carbons (Fsp3) is 0.318. The van der Waals surface area contributed by atoms with Gasteiger partial charge in [-0.25, -0.2) is 13.4 Å². The molecule has 1 atom stereocenters. The van der Waals surface area contributed by atoms with Crippen LogP contribution in [0.5, 0.6) is 0 Å². The van der Waals surface area contributed by atoms with Crippen LogP contribution < -0.4 is 10.0 Å². The van der Waals surface area contributed by atoms with E-state index in [4.69, 9.17) is 0 Å². The average molecular weight is 440 g/mol. The smallest absolute Gasteiger partial charge is 0.263 e. The van der Waals surface area contributed by atoms with E-state index in [1.165, 1.54) is 6.07 Å². The van der Waals surface area contributed by atoms with E-state index in [0.717, 1.165) is 24.2 Å². The Morgan fingerprint density at radius 3 is 2.84 bits per heavy atom. The number of hydrogen-bond acceptors (Lipinski definition) is 5. The number of benzene rings is 1. The molecule has 31 heavy (non-hydrogen) atoms. The summed E-state index contributed by atoms with van der Waals surface area (Å²) < 4.78 is 29.1. The third-order valence-electron chi connectivity index (χ3n) is 5.18. The minimum Gasteiger partial charge on any atom is -0.354 e. The number of rotatable bonds is 8. The van der Waals surface area contributed by atoms with Gasteiger partial charge in [0.05, 0.1) is 10.6 Å². The van der Waals surface area contributed by atoms with E-state index >= 15 is 0 Å². The molecule has 8 nitrogen and oxygen atoms in total. The summed E-state index contributed by atoms with van der Waals surface area (Å²) in [5.74, 6) is 0.0143. The number of amides is 1. The predicted octanol–water partition coefficient (Wildman–Crippen LogP) is 2.29. The normalized spacial score (nSPS) is 16.7. The maximum absolute atomic E-state index is 12.9. The molecule has 0 bridgehead atoms. The molecule has 1 amide bonds. The van der Waals surface area contributed by atoms with Crippen molar-refractivity contribution in [3.8, 4) is 0 Å². The maximum atomic E-state index is 12.9. The molecule has 162 valence electrons. The van der Waals surface area contributed by atoms with Crippen LogP contribution in [0.25, 0.3) is 5.65 Å². The van der Waals surface area contributed by atoms with Gasteiger partial charge in [-0.1, -0.05) is 38.0 Å². The van der Waals surface area contributed by atoms with Crippen molar-refractivity contribution in [3.05, 3.63) is 66.1 Å². The van der Waals surface area contributed by atoms with Gasteiger partial charge in [0.2, 0.25) is 5.91 Å². The molecule has 0 radical (unpaired) electrons. The van der Waals surface area contributed by atoms with E-state index < -0.39 is 16.1 Å². The first-order valence-electron chi connectivity index (χ1n) is 10.4. The van der Waals surface area contributed by atoms with E-state index in [2.05, 4.69) is 20.0 Å². The van der Waals surface area contributed by atoms with Crippen LogP contribution in [0.15, 0.2) is 64.7 Å². The number of amidine groups is 1. The number of sulfonamides is 1. The minimum atomic E-state index is -3.64. The molecule has 0 fully saturated rings. The zero-order valence-electron chi connectivity index (χ0n) is 17.3. The van der Waals surface area contributed by atoms with Crippen molar-refractivity contribution in [2.75, 3.05) is 6.54 Å². The fourth-order valence-corrected chi connectivity index (χ4v) is 4.82. The van der Waals surface area contributed by atoms with Gasteiger partial charge >= 0.3 is 0 Å². The van der Waals surface area contributed by atoms with Gasteiger partial charge in [0.15, 0.2) is 0 Å². The molecule has 2 aromatic heterocycles. The summed E-state index contributed by atoms with van der Waals surface area (Å²) in [5, 5.41) is 2.93. The molecule has 0 saturated carbocycles. The molecule has 0 aliphatic carbocycles. The second-order valence-electron chi connectivity index (χ2n) is 7.48. The van der Waals surface area contributed by atoms with Gasteiger partial charge in [-0.05, 0) is 30.7 Å². The Labute approximate surface area is 181 Å². The van der Waals surface area contributed by atoms with Crippen molar-refractivity contribution in [1.82, 2.24) is 19.4 Å². The number of nitrogens with zero attached hydrogens (tertiary/aromatic N) is 3. The lowest BCUT2D eigenvalue weighted by molar-refractivity contribution is -0.122. The summed E-state index contributed by atoms with van der Waals surface area (Å²) in [6.07, 6.45) is 6.75. The van der Waals surface area contributed by atoms with Crippen LogP contribution in [0.3, 0.4) is 0 Å². The first kappa shape index (κ1) is 21.0. The highest BCUT2D eigenvalue weighted by molar-refractivity contribution is 7.90. The van der Waals surface area contributed by atoms with Crippen molar-refractivity contribution in [2.45, 2.75) is 43.5 Å². The zero-order valence-corrected chi connectivity index (χ0v) is 18.1. The number of imidazole rings is 1. The van der Waals surface area contributed by atoms with E-state index in [1.807, 2.05) is 41.9 Å². The second-order valence-corrected chi connectivity index (χ2v) is 9.13. The Morgan fingerprint density at radius 1 is 1.23 bits per heavy atom. The number of carbonyl (C=O) groups is 1. The Balaban J connectivity index is 1.46. The Hall–Kier alpha value is -3.20. The molecule has 9 heteroatoms. The van der Waals surface area contributed by atoms with Crippen molar-refractivity contribution in [2.24, 2.45) is 4.99 Å². The number of aliphatic imine (C=N–C) groups is 1. The van der Waals surface area contributed by atoms with Gasteiger partial charge < -0.3 is 9.72 Å². The lowest BCUT2D eigenvalue weighted by Crippen LogP contribution is -2.36. The van der Waals surface area contributed by atoms with Crippen LogP contribution in [0.4, 0.5) is 0 Å². The topological polar surface area (TPSA) is 105 Å². The molecule has 1 aliphatic rings. The number of pyridine rings is 1. The average Bonchev–Trinajstić information content (AvgIpc) is 3.29. The minimum absolute atomic E-state index is 0.190. The summed E-state index contributed by atoms with van der Waals surface area (Å²) in [6.45, 7) is 2.47. The van der Waals surface area contributed by atoms with Crippen LogP contribution in [-0.2, 0) is 21.2 Å². The number of unbranched alkanes of at least 4 members (excludes halogenated alkanes) is 1. The molecule has 3 aromatic rings. The zero-order chi connectivity index (χ0) is 21.8. The van der Waals surface area contributed by atoms with Gasteiger partial charge in [-0.15, -0.1) is 0 Å². The highest BCUT2D eigenvalue weighted by atomic mass is 32.2. The molecule has 0 spiro atoms. The molecule has 1 aromatic carbocycles. The molecule has 0 unspecified atom stereocenters. The lowest BCUT2D eigenvalue weighted by atomic mass is 10.1. The number of fused-ring (bicyclic) bond motifs is 2. The Morgan fingerprint density at radius 2 is 2.03 bits per heavy atom. The summed E-state index contributed by atoms with van der Waals surface area (Å²) in [5.41, 5.74) is 2.25. The number of carbonyl (C=O) groups excluding carboxylic acids is 1. The van der Waals surface area contributed by atoms with Crippen LogP contribution in [0.2, 0.25) is 0 Å². The molecule has 1 aliphatic heterocycles. The van der Waals surface area contributed by atoms with Gasteiger partial charge in [0.1, 0.15) is 17.5 Å². The molecule has 3 heterocycles. The van der Waals surface area contributed by atoms with Crippen molar-refractivity contribution in [1.29, 1.82) is 0 Å². The number of aromatic nitrogens is 2. The number of nitrogens with one attached hydrogen (secondary N) is 2. The Kier molecular flexibility index (Phi) is 6.03. The van der Waals surface area contributed by atoms with Crippen LogP contribution in [-0.4, -0.2) is 42.1 Å².